The second kappa shape index (κ2) is 8.34. The fraction of sp³-hybridized carbons (Fsp3) is 0.500. The third-order valence-electron chi connectivity index (χ3n) is 5.87. The van der Waals surface area contributed by atoms with E-state index >= 15 is 0 Å². The molecule has 27 heavy (non-hydrogen) atoms. The lowest BCUT2D eigenvalue weighted by molar-refractivity contribution is 0.179. The van der Waals surface area contributed by atoms with Gasteiger partial charge in [-0.3, -0.25) is 4.90 Å². The van der Waals surface area contributed by atoms with E-state index in [-0.39, 0.29) is 6.04 Å². The summed E-state index contributed by atoms with van der Waals surface area (Å²) in [6.45, 7) is 14.9. The van der Waals surface area contributed by atoms with Crippen LogP contribution >= 0.6 is 0 Å². The van der Waals surface area contributed by atoms with Gasteiger partial charge in [0.05, 0.1) is 0 Å². The van der Waals surface area contributed by atoms with Crippen molar-refractivity contribution in [1.82, 2.24) is 9.88 Å². The number of aryl methyl sites for hydroxylation is 3. The topological polar surface area (TPSA) is 22.6 Å². The largest absolute Gasteiger partial charge is 0.421 e. The summed E-state index contributed by atoms with van der Waals surface area (Å²) in [4.78, 5) is 11.5. The van der Waals surface area contributed by atoms with Crippen LogP contribution in [-0.4, -0.2) is 56.1 Å². The lowest BCUT2D eigenvalue weighted by Crippen LogP contribution is -2.55. The van der Waals surface area contributed by atoms with E-state index in [1.54, 1.807) is 0 Å². The van der Waals surface area contributed by atoms with Gasteiger partial charge in [-0.2, -0.15) is 0 Å². The van der Waals surface area contributed by atoms with Crippen LogP contribution in [0, 0.1) is 20.8 Å². The summed E-state index contributed by atoms with van der Waals surface area (Å²) in [7, 11) is 6.54. The minimum atomic E-state index is 0.231. The van der Waals surface area contributed by atoms with E-state index in [1.807, 2.05) is 17.8 Å². The molecule has 1 aromatic carbocycles. The number of hydrogen-bond acceptors (Lipinski definition) is 4. The molecule has 1 aliphatic heterocycles. The number of aromatic nitrogens is 1. The van der Waals surface area contributed by atoms with Gasteiger partial charge < -0.3 is 9.71 Å². The Morgan fingerprint density at radius 2 is 1.70 bits per heavy atom. The number of piperazine rings is 1. The highest BCUT2D eigenvalue weighted by atomic mass is 15.3. The van der Waals surface area contributed by atoms with E-state index in [2.05, 4.69) is 72.8 Å². The smallest absolute Gasteiger partial charge is 0.227 e. The second-order valence-corrected chi connectivity index (χ2v) is 7.84. The zero-order valence-electron chi connectivity index (χ0n) is 17.3. The molecule has 0 N–H and O–H groups in total. The summed E-state index contributed by atoms with van der Waals surface area (Å²) in [6.07, 6.45) is 0. The summed E-state index contributed by atoms with van der Waals surface area (Å²) in [5.74, 6) is 1.09. The van der Waals surface area contributed by atoms with E-state index in [4.69, 9.17) is 7.98 Å². The first kappa shape index (κ1) is 19.7. The Balaban J connectivity index is 1.63. The summed E-state index contributed by atoms with van der Waals surface area (Å²) >= 11 is 0. The van der Waals surface area contributed by atoms with Crippen molar-refractivity contribution >= 4 is 19.5 Å². The molecule has 1 saturated heterocycles. The third-order valence-corrected chi connectivity index (χ3v) is 5.87. The number of benzene rings is 1. The summed E-state index contributed by atoms with van der Waals surface area (Å²) in [5.41, 5.74) is 4.66. The van der Waals surface area contributed by atoms with Crippen molar-refractivity contribution < 1.29 is 0 Å². The fourth-order valence-electron chi connectivity index (χ4n) is 3.82. The molecule has 1 aliphatic rings. The van der Waals surface area contributed by atoms with E-state index in [0.29, 0.717) is 6.04 Å². The van der Waals surface area contributed by atoms with E-state index < -0.39 is 0 Å². The van der Waals surface area contributed by atoms with Gasteiger partial charge in [-0.1, -0.05) is 18.2 Å². The molecule has 1 aromatic heterocycles. The molecule has 0 aliphatic carbocycles. The van der Waals surface area contributed by atoms with Gasteiger partial charge in [0.25, 0.3) is 0 Å². The molecule has 0 saturated carbocycles. The highest BCUT2D eigenvalue weighted by molar-refractivity contribution is 6.18. The van der Waals surface area contributed by atoms with Crippen LogP contribution in [0.4, 0.5) is 11.5 Å². The molecule has 2 radical (unpaired) electrons. The van der Waals surface area contributed by atoms with Crippen molar-refractivity contribution in [2.75, 3.05) is 35.9 Å². The Hall–Kier alpha value is -2.01. The predicted octanol–water partition coefficient (Wildman–Crippen LogP) is 3.50. The zero-order chi connectivity index (χ0) is 19.6. The molecule has 2 unspecified atom stereocenters. The van der Waals surface area contributed by atoms with Crippen LogP contribution in [0.15, 0.2) is 36.4 Å². The van der Waals surface area contributed by atoms with Crippen LogP contribution in [-0.2, 0) is 0 Å². The Morgan fingerprint density at radius 1 is 1.00 bits per heavy atom. The molecule has 2 atom stereocenters. The Bertz CT molecular complexity index is 771. The normalized spacial score (nSPS) is 17.6. The van der Waals surface area contributed by atoms with Crippen molar-refractivity contribution in [1.29, 1.82) is 0 Å². The average molecular weight is 362 g/mol. The minimum absolute atomic E-state index is 0.231. The maximum Gasteiger partial charge on any atom is 0.227 e. The molecule has 0 amide bonds. The number of rotatable bonds is 5. The molecule has 142 valence electrons. The highest BCUT2D eigenvalue weighted by Gasteiger charge is 2.27. The van der Waals surface area contributed by atoms with Crippen LogP contribution in [0.2, 0.25) is 0 Å². The van der Waals surface area contributed by atoms with Gasteiger partial charge in [0.15, 0.2) is 0 Å². The molecule has 0 bridgehead atoms. The highest BCUT2D eigenvalue weighted by Crippen LogP contribution is 2.25. The molecule has 0 spiro atoms. The Morgan fingerprint density at radius 3 is 2.37 bits per heavy atom. The maximum atomic E-state index is 6.54. The van der Waals surface area contributed by atoms with E-state index in [1.165, 1.54) is 11.1 Å². The number of hydrogen-bond donors (Lipinski definition) is 0. The van der Waals surface area contributed by atoms with E-state index in [9.17, 15) is 0 Å². The second-order valence-electron chi connectivity index (χ2n) is 7.84. The lowest BCUT2D eigenvalue weighted by atomic mass is 10.00. The Labute approximate surface area is 165 Å². The standard InChI is InChI=1S/C22H31BN4/c1-16-9-10-17(2)21(15-16)27(23)20(5)19(4)25-11-13-26(14-12-25)22-8-6-7-18(3)24-22/h6-10,15,19-20H,11-14H2,1-5H3. The molecule has 1 fully saturated rings. The first-order chi connectivity index (χ1) is 12.9. The molecule has 5 heteroatoms. The first-order valence-corrected chi connectivity index (χ1v) is 9.90. The molecule has 3 rings (SSSR count). The van der Waals surface area contributed by atoms with Crippen molar-refractivity contribution in [3.05, 3.63) is 53.2 Å². The van der Waals surface area contributed by atoms with Crippen molar-refractivity contribution in [3.63, 3.8) is 0 Å². The van der Waals surface area contributed by atoms with Gasteiger partial charge in [0.2, 0.25) is 7.98 Å². The maximum absolute atomic E-state index is 6.54. The predicted molar refractivity (Wildman–Crippen MR) is 116 cm³/mol. The van der Waals surface area contributed by atoms with Crippen LogP contribution < -0.4 is 9.71 Å². The SMILES string of the molecule is [B]N(c1cc(C)ccc1C)C(C)C(C)N1CCN(c2cccc(C)n2)CC1. The first-order valence-electron chi connectivity index (χ1n) is 9.90. The molecule has 2 aromatic rings. The molecule has 4 nitrogen and oxygen atoms in total. The average Bonchev–Trinajstić information content (AvgIpc) is 2.68. The molecular weight excluding hydrogens is 331 g/mol. The summed E-state index contributed by atoms with van der Waals surface area (Å²) in [6, 6.07) is 13.3. The van der Waals surface area contributed by atoms with Gasteiger partial charge in [-0.05, 0) is 63.9 Å². The van der Waals surface area contributed by atoms with Crippen LogP contribution in [0.5, 0.6) is 0 Å². The van der Waals surface area contributed by atoms with Crippen LogP contribution in [0.1, 0.15) is 30.7 Å². The van der Waals surface area contributed by atoms with Gasteiger partial charge in [0, 0.05) is 49.6 Å². The Kier molecular flexibility index (Phi) is 6.10. The zero-order valence-corrected chi connectivity index (χ0v) is 17.3. The van der Waals surface area contributed by atoms with Crippen LogP contribution in [0.3, 0.4) is 0 Å². The summed E-state index contributed by atoms with van der Waals surface area (Å²) in [5, 5.41) is 0. The van der Waals surface area contributed by atoms with Crippen molar-refractivity contribution in [3.8, 4) is 0 Å². The number of anilines is 2. The van der Waals surface area contributed by atoms with Crippen LogP contribution in [0.25, 0.3) is 0 Å². The van der Waals surface area contributed by atoms with Crippen molar-refractivity contribution in [2.24, 2.45) is 0 Å². The minimum Gasteiger partial charge on any atom is -0.421 e. The third kappa shape index (κ3) is 4.46. The van der Waals surface area contributed by atoms with Crippen molar-refractivity contribution in [2.45, 2.75) is 46.7 Å². The quantitative estimate of drug-likeness (QED) is 0.760. The van der Waals surface area contributed by atoms with Gasteiger partial charge in [-0.25, -0.2) is 4.98 Å². The van der Waals surface area contributed by atoms with E-state index in [0.717, 1.165) is 43.4 Å². The molecule has 2 heterocycles. The summed E-state index contributed by atoms with van der Waals surface area (Å²) < 4.78 is 0. The number of nitrogens with zero attached hydrogens (tertiary/aromatic N) is 4. The van der Waals surface area contributed by atoms with Gasteiger partial charge in [0.1, 0.15) is 5.82 Å². The fourth-order valence-corrected chi connectivity index (χ4v) is 3.82. The van der Waals surface area contributed by atoms with Gasteiger partial charge >= 0.3 is 0 Å². The number of pyridine rings is 1. The monoisotopic (exact) mass is 362 g/mol. The lowest BCUT2D eigenvalue weighted by Gasteiger charge is -2.43. The van der Waals surface area contributed by atoms with Gasteiger partial charge in [-0.15, -0.1) is 0 Å². The molecular formula is C22H31BN4.